The summed E-state index contributed by atoms with van der Waals surface area (Å²) in [6.07, 6.45) is -3.79. The number of carbonyl (C=O) groups excluding carboxylic acids is 1. The number of rotatable bonds is 11. The quantitative estimate of drug-likeness (QED) is 0.0544. The number of alkyl halides is 3. The van der Waals surface area contributed by atoms with Crippen molar-refractivity contribution in [3.63, 3.8) is 0 Å². The third-order valence-electron chi connectivity index (χ3n) is 5.35. The molecule has 0 aliphatic rings. The number of carbonyl (C=O) groups is 2. The molecule has 3 aromatic rings. The number of hydrogen-bond acceptors (Lipinski definition) is 12. The van der Waals surface area contributed by atoms with Gasteiger partial charge in [-0.05, 0) is 75.9 Å². The summed E-state index contributed by atoms with van der Waals surface area (Å²) in [6.45, 7) is 11.8. The molecule has 0 unspecified atom stereocenters. The first-order valence-electron chi connectivity index (χ1n) is 14.6. The second-order valence-corrected chi connectivity index (χ2v) is 15.0. The average molecular weight is 854 g/mol. The van der Waals surface area contributed by atoms with Crippen molar-refractivity contribution in [1.29, 1.82) is 0 Å². The van der Waals surface area contributed by atoms with Crippen LogP contribution in [0.5, 0.6) is 0 Å². The largest absolute Gasteiger partial charge is 0.480 e. The van der Waals surface area contributed by atoms with E-state index in [1.807, 2.05) is 13.2 Å². The van der Waals surface area contributed by atoms with Crippen molar-refractivity contribution < 1.29 is 51.3 Å². The van der Waals surface area contributed by atoms with Gasteiger partial charge in [0.25, 0.3) is 0 Å². The molecule has 0 fully saturated rings. The summed E-state index contributed by atoms with van der Waals surface area (Å²) in [5, 5.41) is 20.6. The summed E-state index contributed by atoms with van der Waals surface area (Å²) < 4.78 is 68.7. The van der Waals surface area contributed by atoms with Crippen molar-refractivity contribution in [2.75, 3.05) is 36.3 Å². The monoisotopic (exact) mass is 852 g/mol. The van der Waals surface area contributed by atoms with Gasteiger partial charge in [0, 0.05) is 24.7 Å². The predicted molar refractivity (Wildman–Crippen MR) is 189 cm³/mol. The fraction of sp³-hybridized carbons (Fsp3) is 0.500. The van der Waals surface area contributed by atoms with Gasteiger partial charge in [-0.25, -0.2) is 9.18 Å². The number of aryl methyl sites for hydroxylation is 1. The Bertz CT molecular complexity index is 1710. The van der Waals surface area contributed by atoms with Gasteiger partial charge in [-0.2, -0.15) is 33.2 Å². The lowest BCUT2D eigenvalue weighted by molar-refractivity contribution is -0.144. The second kappa shape index (κ2) is 19.7. The molecule has 0 amide bonds. The Morgan fingerprint density at radius 2 is 1.73 bits per heavy atom. The summed E-state index contributed by atoms with van der Waals surface area (Å²) in [4.78, 5) is 51.1. The summed E-state index contributed by atoms with van der Waals surface area (Å²) in [5.41, 5.74) is -1.91. The highest BCUT2D eigenvalue weighted by Gasteiger charge is 2.39. The molecule has 23 heteroatoms. The number of nitrogens with zero attached hydrogens (tertiary/aromatic N) is 5. The Labute approximate surface area is 309 Å². The standard InChI is InChI=1S/C15H12BrClF4N2O2.C10H19N5S.C3H8NO5P/c1-6(2)25-14(24)7-4-8(10(18)5-9(7)17)12-11(16)13(15(19,20)21)23(3)22-12;1-6-11-7-12-8(15-10(2,3)4)14-9(13-7)16-5;5-3(6)1-4-2-10(7,8)9/h4-6H,1-3H3;6H2,1-5H3,(H2,11,12,13,14,15);4H,1-2H2,(H,5,6)(H2,7,8,9). The molecule has 0 aliphatic heterocycles. The Morgan fingerprint density at radius 3 is 2.18 bits per heavy atom. The number of esters is 1. The Balaban J connectivity index is 0.000000428. The second-order valence-electron chi connectivity index (χ2n) is 11.4. The minimum absolute atomic E-state index is 0.0550. The molecule has 286 valence electrons. The molecule has 0 saturated carbocycles. The van der Waals surface area contributed by atoms with Crippen molar-refractivity contribution in [3.05, 3.63) is 38.7 Å². The Kier molecular flexibility index (Phi) is 17.7. The summed E-state index contributed by atoms with van der Waals surface area (Å²) >= 11 is 10.2. The highest BCUT2D eigenvalue weighted by molar-refractivity contribution is 9.10. The molecule has 0 spiro atoms. The molecule has 0 saturated heterocycles. The lowest BCUT2D eigenvalue weighted by Gasteiger charge is -2.20. The molecule has 3 rings (SSSR count). The van der Waals surface area contributed by atoms with E-state index in [9.17, 15) is 31.7 Å². The Morgan fingerprint density at radius 1 is 1.14 bits per heavy atom. The normalized spacial score (nSPS) is 11.6. The van der Waals surface area contributed by atoms with E-state index in [1.54, 1.807) is 13.8 Å². The molecule has 51 heavy (non-hydrogen) atoms. The zero-order valence-corrected chi connectivity index (χ0v) is 32.7. The van der Waals surface area contributed by atoms with Crippen molar-refractivity contribution in [2.45, 2.75) is 64.5 Å². The molecule has 0 bridgehead atoms. The molecule has 2 heterocycles. The van der Waals surface area contributed by atoms with Crippen LogP contribution in [-0.4, -0.2) is 88.8 Å². The van der Waals surface area contributed by atoms with Crippen LogP contribution in [0.3, 0.4) is 0 Å². The van der Waals surface area contributed by atoms with E-state index in [0.29, 0.717) is 16.6 Å². The number of aromatic nitrogens is 5. The van der Waals surface area contributed by atoms with E-state index in [1.165, 1.54) is 11.8 Å². The van der Waals surface area contributed by atoms with Gasteiger partial charge in [0.15, 0.2) is 10.9 Å². The van der Waals surface area contributed by atoms with Gasteiger partial charge in [-0.15, -0.1) is 0 Å². The van der Waals surface area contributed by atoms with Gasteiger partial charge in [-0.3, -0.25) is 19.4 Å². The zero-order chi connectivity index (χ0) is 39.5. The van der Waals surface area contributed by atoms with Crippen LogP contribution in [0, 0.1) is 5.82 Å². The van der Waals surface area contributed by atoms with E-state index in [2.05, 4.69) is 72.7 Å². The number of anilines is 2. The summed E-state index contributed by atoms with van der Waals surface area (Å²) in [6, 6.07) is 1.86. The number of thioether (sulfide) groups is 1. The van der Waals surface area contributed by atoms with Gasteiger partial charge in [0.1, 0.15) is 11.5 Å². The zero-order valence-electron chi connectivity index (χ0n) is 28.7. The molecule has 0 radical (unpaired) electrons. The van der Waals surface area contributed by atoms with Crippen molar-refractivity contribution in [3.8, 4) is 11.3 Å². The van der Waals surface area contributed by atoms with Gasteiger partial charge >= 0.3 is 25.7 Å². The Hall–Kier alpha value is -3.07. The first-order chi connectivity index (χ1) is 23.3. The van der Waals surface area contributed by atoms with Crippen molar-refractivity contribution in [2.24, 2.45) is 7.05 Å². The van der Waals surface area contributed by atoms with E-state index in [4.69, 9.17) is 31.2 Å². The number of ether oxygens (including phenoxy) is 1. The molecular weight excluding hydrogens is 815 g/mol. The van der Waals surface area contributed by atoms with Crippen LogP contribution in [-0.2, 0) is 27.3 Å². The number of benzene rings is 1. The SMILES string of the molecule is CC(C)OC(=O)c1cc(-c2nn(C)c(C(F)(F)F)c2Br)c(F)cc1Cl.CCNc1nc(NC(C)(C)C)nc(SC)n1.O=C(O)CNCP(=O)(O)O. The molecular formula is C28H39BrClF4N8O7PS. The van der Waals surface area contributed by atoms with E-state index in [-0.39, 0.29) is 27.4 Å². The van der Waals surface area contributed by atoms with E-state index >= 15 is 0 Å². The first-order valence-corrected chi connectivity index (χ1v) is 18.8. The van der Waals surface area contributed by atoms with E-state index < -0.39 is 60.6 Å². The average Bonchev–Trinajstić information content (AvgIpc) is 3.25. The molecule has 2 aromatic heterocycles. The van der Waals surface area contributed by atoms with Crippen molar-refractivity contribution in [1.82, 2.24) is 30.0 Å². The first kappa shape index (κ1) is 46.0. The molecule has 6 N–H and O–H groups in total. The van der Waals surface area contributed by atoms with Gasteiger partial charge < -0.3 is 30.3 Å². The van der Waals surface area contributed by atoms with Crippen LogP contribution in [0.15, 0.2) is 21.8 Å². The fourth-order valence-corrected chi connectivity index (χ4v) is 5.29. The third kappa shape index (κ3) is 16.4. The van der Waals surface area contributed by atoms with Crippen LogP contribution in [0.4, 0.5) is 29.5 Å². The third-order valence-corrected chi connectivity index (χ3v) is 7.59. The fourth-order valence-electron chi connectivity index (χ4n) is 3.53. The van der Waals surface area contributed by atoms with Gasteiger partial charge in [-0.1, -0.05) is 23.4 Å². The predicted octanol–water partition coefficient (Wildman–Crippen LogP) is 6.26. The number of halogens is 6. The maximum atomic E-state index is 14.3. The van der Waals surface area contributed by atoms with Crippen LogP contribution in [0.2, 0.25) is 5.02 Å². The maximum absolute atomic E-state index is 14.3. The number of hydrogen-bond donors (Lipinski definition) is 6. The van der Waals surface area contributed by atoms with Crippen LogP contribution in [0.1, 0.15) is 57.6 Å². The number of carboxylic acid groups (broad SMARTS) is 1. The van der Waals surface area contributed by atoms with Crippen LogP contribution < -0.4 is 16.0 Å². The van der Waals surface area contributed by atoms with Gasteiger partial charge in [0.05, 0.1) is 34.0 Å². The van der Waals surface area contributed by atoms with E-state index in [0.717, 1.165) is 30.9 Å². The summed E-state index contributed by atoms with van der Waals surface area (Å²) in [7, 11) is -3.01. The minimum Gasteiger partial charge on any atom is -0.480 e. The van der Waals surface area contributed by atoms with Crippen LogP contribution >= 0.6 is 46.9 Å². The number of carboxylic acids is 1. The molecule has 15 nitrogen and oxygen atoms in total. The van der Waals surface area contributed by atoms with Gasteiger partial charge in [0.2, 0.25) is 11.9 Å². The smallest absolute Gasteiger partial charge is 0.434 e. The molecule has 0 atom stereocenters. The lowest BCUT2D eigenvalue weighted by Crippen LogP contribution is -2.27. The lowest BCUT2D eigenvalue weighted by atomic mass is 10.1. The number of aliphatic carboxylic acids is 1. The van der Waals surface area contributed by atoms with Crippen molar-refractivity contribution >= 4 is 70.7 Å². The maximum Gasteiger partial charge on any atom is 0.434 e. The molecule has 0 aliphatic carbocycles. The summed E-state index contributed by atoms with van der Waals surface area (Å²) in [5.74, 6) is -1.65. The minimum atomic E-state index is -4.69. The highest BCUT2D eigenvalue weighted by Crippen LogP contribution is 2.41. The van der Waals surface area contributed by atoms with Crippen LogP contribution in [0.25, 0.3) is 11.3 Å². The molecule has 1 aromatic carbocycles. The highest BCUT2D eigenvalue weighted by atomic mass is 79.9. The number of nitrogens with one attached hydrogen (secondary N) is 3. The topological polar surface area (TPSA) is 214 Å².